The number of halogens is 1. The van der Waals surface area contributed by atoms with Gasteiger partial charge in [0.05, 0.1) is 11.4 Å². The van der Waals surface area contributed by atoms with Gasteiger partial charge in [0.2, 0.25) is 11.5 Å². The van der Waals surface area contributed by atoms with E-state index in [9.17, 15) is 9.18 Å². The van der Waals surface area contributed by atoms with Gasteiger partial charge in [0.15, 0.2) is 0 Å². The second-order valence-electron chi connectivity index (χ2n) is 4.31. The number of para-hydroxylation sites is 1. The molecule has 2 aromatic heterocycles. The van der Waals surface area contributed by atoms with Crippen molar-refractivity contribution in [1.29, 1.82) is 0 Å². The highest BCUT2D eigenvalue weighted by Gasteiger charge is 2.05. The van der Waals surface area contributed by atoms with Crippen LogP contribution in [0.15, 0.2) is 59.7 Å². The average molecular weight is 282 g/mol. The SMILES string of the molecule is O=c1cc(-c2ccnc(Nc3ccccc3F)n2)cc[nH]1. The molecular formula is C15H11FN4O. The van der Waals surface area contributed by atoms with Crippen LogP contribution < -0.4 is 10.9 Å². The molecule has 0 spiro atoms. The smallest absolute Gasteiger partial charge is 0.248 e. The van der Waals surface area contributed by atoms with Crippen molar-refractivity contribution < 1.29 is 4.39 Å². The predicted octanol–water partition coefficient (Wildman–Crippen LogP) is 2.71. The Hall–Kier alpha value is -3.02. The maximum absolute atomic E-state index is 13.6. The van der Waals surface area contributed by atoms with Gasteiger partial charge in [0, 0.05) is 24.0 Å². The molecule has 0 bridgehead atoms. The summed E-state index contributed by atoms with van der Waals surface area (Å²) in [7, 11) is 0. The van der Waals surface area contributed by atoms with E-state index in [0.717, 1.165) is 0 Å². The van der Waals surface area contributed by atoms with Crippen LogP contribution in [0.2, 0.25) is 0 Å². The van der Waals surface area contributed by atoms with Gasteiger partial charge in [-0.25, -0.2) is 14.4 Å². The zero-order valence-electron chi connectivity index (χ0n) is 10.9. The zero-order valence-corrected chi connectivity index (χ0v) is 10.9. The molecule has 2 N–H and O–H groups in total. The van der Waals surface area contributed by atoms with E-state index in [2.05, 4.69) is 20.3 Å². The van der Waals surface area contributed by atoms with Crippen molar-refractivity contribution in [2.45, 2.75) is 0 Å². The fourth-order valence-corrected chi connectivity index (χ4v) is 1.87. The van der Waals surface area contributed by atoms with Gasteiger partial charge in [-0.2, -0.15) is 0 Å². The van der Waals surface area contributed by atoms with Crippen LogP contribution in [0.3, 0.4) is 0 Å². The van der Waals surface area contributed by atoms with Crippen molar-refractivity contribution in [3.63, 3.8) is 0 Å². The minimum Gasteiger partial charge on any atom is -0.329 e. The molecule has 6 heteroatoms. The van der Waals surface area contributed by atoms with E-state index in [-0.39, 0.29) is 17.3 Å². The summed E-state index contributed by atoms with van der Waals surface area (Å²) in [5.41, 5.74) is 1.32. The highest BCUT2D eigenvalue weighted by atomic mass is 19.1. The van der Waals surface area contributed by atoms with Crippen molar-refractivity contribution in [2.24, 2.45) is 0 Å². The standard InChI is InChI=1S/C15H11FN4O/c16-11-3-1-2-4-13(11)20-15-18-8-6-12(19-15)10-5-7-17-14(21)9-10/h1-9H,(H,17,21)(H,18,19,20). The van der Waals surface area contributed by atoms with Crippen LogP contribution in [0, 0.1) is 5.82 Å². The predicted molar refractivity (Wildman–Crippen MR) is 77.8 cm³/mol. The molecule has 0 aliphatic carbocycles. The number of nitrogens with one attached hydrogen (secondary N) is 2. The second-order valence-corrected chi connectivity index (χ2v) is 4.31. The molecule has 104 valence electrons. The van der Waals surface area contributed by atoms with E-state index in [0.29, 0.717) is 16.9 Å². The second kappa shape index (κ2) is 5.54. The Kier molecular flexibility index (Phi) is 3.42. The van der Waals surface area contributed by atoms with Crippen molar-refractivity contribution in [1.82, 2.24) is 15.0 Å². The van der Waals surface area contributed by atoms with Crippen LogP contribution in [0.1, 0.15) is 0 Å². The summed E-state index contributed by atoms with van der Waals surface area (Å²) in [5.74, 6) is -0.124. The first-order valence-electron chi connectivity index (χ1n) is 6.26. The van der Waals surface area contributed by atoms with Gasteiger partial charge >= 0.3 is 0 Å². The molecule has 5 nitrogen and oxygen atoms in total. The summed E-state index contributed by atoms with van der Waals surface area (Å²) < 4.78 is 13.6. The van der Waals surface area contributed by atoms with Crippen LogP contribution >= 0.6 is 0 Å². The third-order valence-electron chi connectivity index (χ3n) is 2.85. The number of pyridine rings is 1. The molecule has 0 unspecified atom stereocenters. The molecule has 0 saturated heterocycles. The quantitative estimate of drug-likeness (QED) is 0.775. The van der Waals surface area contributed by atoms with Crippen LogP contribution in [0.4, 0.5) is 16.0 Å². The summed E-state index contributed by atoms with van der Waals surface area (Å²) in [5, 5.41) is 2.81. The van der Waals surface area contributed by atoms with Crippen LogP contribution in [-0.4, -0.2) is 15.0 Å². The number of aromatic amines is 1. The Labute approximate surface area is 119 Å². The van der Waals surface area contributed by atoms with E-state index in [1.165, 1.54) is 12.1 Å². The molecule has 1 aromatic carbocycles. The van der Waals surface area contributed by atoms with Crippen LogP contribution in [-0.2, 0) is 0 Å². The molecule has 2 heterocycles. The molecule has 0 saturated carbocycles. The van der Waals surface area contributed by atoms with E-state index in [1.807, 2.05) is 0 Å². The fraction of sp³-hybridized carbons (Fsp3) is 0. The number of nitrogens with zero attached hydrogens (tertiary/aromatic N) is 2. The first-order chi connectivity index (χ1) is 10.2. The Morgan fingerprint density at radius 2 is 2.00 bits per heavy atom. The van der Waals surface area contributed by atoms with Gasteiger partial charge < -0.3 is 10.3 Å². The number of hydrogen-bond donors (Lipinski definition) is 2. The molecule has 0 aliphatic heterocycles. The van der Waals surface area contributed by atoms with E-state index in [4.69, 9.17) is 0 Å². The number of hydrogen-bond acceptors (Lipinski definition) is 4. The van der Waals surface area contributed by atoms with Crippen molar-refractivity contribution in [3.8, 4) is 11.3 Å². The van der Waals surface area contributed by atoms with Crippen molar-refractivity contribution in [2.75, 3.05) is 5.32 Å². The van der Waals surface area contributed by atoms with Gasteiger partial charge in [-0.15, -0.1) is 0 Å². The molecule has 21 heavy (non-hydrogen) atoms. The fourth-order valence-electron chi connectivity index (χ4n) is 1.87. The lowest BCUT2D eigenvalue weighted by atomic mass is 10.2. The Bertz CT molecular complexity index is 831. The Balaban J connectivity index is 1.94. The number of benzene rings is 1. The zero-order chi connectivity index (χ0) is 14.7. The van der Waals surface area contributed by atoms with Gasteiger partial charge in [0.25, 0.3) is 0 Å². The van der Waals surface area contributed by atoms with Gasteiger partial charge in [-0.3, -0.25) is 4.79 Å². The largest absolute Gasteiger partial charge is 0.329 e. The Morgan fingerprint density at radius 1 is 1.14 bits per heavy atom. The number of aromatic nitrogens is 3. The van der Waals surface area contributed by atoms with Gasteiger partial charge in [-0.1, -0.05) is 12.1 Å². The summed E-state index contributed by atoms with van der Waals surface area (Å²) in [6, 6.07) is 11.1. The lowest BCUT2D eigenvalue weighted by molar-refractivity contribution is 0.631. The molecule has 0 fully saturated rings. The van der Waals surface area contributed by atoms with Crippen LogP contribution in [0.5, 0.6) is 0 Å². The minimum atomic E-state index is -0.386. The number of H-pyrrole nitrogens is 1. The summed E-state index contributed by atoms with van der Waals surface area (Å²) in [4.78, 5) is 22.2. The maximum Gasteiger partial charge on any atom is 0.248 e. The third kappa shape index (κ3) is 2.94. The maximum atomic E-state index is 13.6. The highest BCUT2D eigenvalue weighted by Crippen LogP contribution is 2.19. The lowest BCUT2D eigenvalue weighted by Crippen LogP contribution is -2.04. The van der Waals surface area contributed by atoms with E-state index < -0.39 is 0 Å². The normalized spacial score (nSPS) is 10.3. The Morgan fingerprint density at radius 3 is 2.81 bits per heavy atom. The van der Waals surface area contributed by atoms with Crippen LogP contribution in [0.25, 0.3) is 11.3 Å². The van der Waals surface area contributed by atoms with E-state index in [1.54, 1.807) is 42.7 Å². The van der Waals surface area contributed by atoms with Crippen molar-refractivity contribution in [3.05, 3.63) is 71.0 Å². The average Bonchev–Trinajstić information content (AvgIpc) is 2.50. The topological polar surface area (TPSA) is 70.7 Å². The first-order valence-corrected chi connectivity index (χ1v) is 6.26. The first kappa shape index (κ1) is 13.0. The lowest BCUT2D eigenvalue weighted by Gasteiger charge is -2.07. The third-order valence-corrected chi connectivity index (χ3v) is 2.85. The summed E-state index contributed by atoms with van der Waals surface area (Å²) in [6.45, 7) is 0. The minimum absolute atomic E-state index is 0.213. The number of rotatable bonds is 3. The molecule has 0 atom stereocenters. The highest BCUT2D eigenvalue weighted by molar-refractivity contribution is 5.61. The number of anilines is 2. The molecule has 0 aliphatic rings. The molecule has 3 rings (SSSR count). The molecular weight excluding hydrogens is 271 g/mol. The molecule has 0 amide bonds. The molecule has 3 aromatic rings. The summed E-state index contributed by atoms with van der Waals surface area (Å²) >= 11 is 0. The monoisotopic (exact) mass is 282 g/mol. The van der Waals surface area contributed by atoms with E-state index >= 15 is 0 Å². The van der Waals surface area contributed by atoms with Gasteiger partial charge in [0.1, 0.15) is 5.82 Å². The van der Waals surface area contributed by atoms with Gasteiger partial charge in [-0.05, 0) is 24.3 Å². The summed E-state index contributed by atoms with van der Waals surface area (Å²) in [6.07, 6.45) is 3.09. The molecule has 0 radical (unpaired) electrons. The van der Waals surface area contributed by atoms with Crippen molar-refractivity contribution >= 4 is 11.6 Å².